The van der Waals surface area contributed by atoms with Crippen molar-refractivity contribution < 1.29 is 19.0 Å². The number of hydrogen-bond donors (Lipinski definition) is 0. The third-order valence-electron chi connectivity index (χ3n) is 4.91. The van der Waals surface area contributed by atoms with Crippen molar-refractivity contribution in [1.82, 2.24) is 4.90 Å². The molecule has 1 aromatic rings. The molecule has 2 saturated heterocycles. The summed E-state index contributed by atoms with van der Waals surface area (Å²) in [6.45, 7) is 2.31. The number of carbonyl (C=O) groups excluding carboxylic acids is 1. The van der Waals surface area contributed by atoms with Crippen molar-refractivity contribution in [1.29, 1.82) is 0 Å². The summed E-state index contributed by atoms with van der Waals surface area (Å²) >= 11 is 0. The summed E-state index contributed by atoms with van der Waals surface area (Å²) in [6, 6.07) is 9.45. The fourth-order valence-electron chi connectivity index (χ4n) is 3.45. The lowest BCUT2D eigenvalue weighted by molar-refractivity contribution is -0.158. The van der Waals surface area contributed by atoms with Crippen LogP contribution in [0.5, 0.6) is 5.75 Å². The Hall–Kier alpha value is -1.59. The zero-order chi connectivity index (χ0) is 16.1. The molecule has 0 bridgehead atoms. The van der Waals surface area contributed by atoms with Gasteiger partial charge in [-0.2, -0.15) is 0 Å². The molecule has 0 aromatic heterocycles. The molecule has 3 rings (SSSR count). The van der Waals surface area contributed by atoms with Crippen LogP contribution in [0.4, 0.5) is 0 Å². The highest BCUT2D eigenvalue weighted by Crippen LogP contribution is 2.35. The molecule has 2 fully saturated rings. The van der Waals surface area contributed by atoms with Crippen molar-refractivity contribution >= 4 is 5.91 Å². The molecule has 1 aromatic carbocycles. The Labute approximate surface area is 137 Å². The van der Waals surface area contributed by atoms with Crippen LogP contribution in [0, 0.1) is 0 Å². The maximum Gasteiger partial charge on any atom is 0.260 e. The molecule has 5 nitrogen and oxygen atoms in total. The van der Waals surface area contributed by atoms with Gasteiger partial charge in [-0.3, -0.25) is 4.79 Å². The summed E-state index contributed by atoms with van der Waals surface area (Å²) < 4.78 is 17.1. The number of benzene rings is 1. The van der Waals surface area contributed by atoms with Gasteiger partial charge in [0.15, 0.2) is 6.61 Å². The van der Waals surface area contributed by atoms with Crippen LogP contribution < -0.4 is 4.74 Å². The van der Waals surface area contributed by atoms with E-state index >= 15 is 0 Å². The van der Waals surface area contributed by atoms with Gasteiger partial charge in [0, 0.05) is 33.2 Å². The minimum Gasteiger partial charge on any atom is -0.484 e. The average molecular weight is 319 g/mol. The average Bonchev–Trinajstić information content (AvgIpc) is 2.61. The van der Waals surface area contributed by atoms with Crippen LogP contribution in [-0.2, 0) is 14.3 Å². The predicted molar refractivity (Wildman–Crippen MR) is 86.5 cm³/mol. The first-order valence-corrected chi connectivity index (χ1v) is 8.33. The maximum atomic E-state index is 12.3. The lowest BCUT2D eigenvalue weighted by atomic mass is 9.83. The number of ether oxygens (including phenoxy) is 3. The van der Waals surface area contributed by atoms with E-state index in [2.05, 4.69) is 0 Å². The van der Waals surface area contributed by atoms with E-state index in [1.807, 2.05) is 35.2 Å². The molecule has 5 heteroatoms. The normalized spacial score (nSPS) is 23.7. The number of rotatable bonds is 4. The third kappa shape index (κ3) is 4.03. The van der Waals surface area contributed by atoms with E-state index in [0.717, 1.165) is 51.1 Å². The zero-order valence-electron chi connectivity index (χ0n) is 13.7. The van der Waals surface area contributed by atoms with Gasteiger partial charge in [-0.05, 0) is 31.4 Å². The molecule has 2 heterocycles. The molecule has 0 saturated carbocycles. The van der Waals surface area contributed by atoms with Crippen LogP contribution in [-0.4, -0.2) is 55.9 Å². The van der Waals surface area contributed by atoms with E-state index < -0.39 is 0 Å². The number of methoxy groups -OCH3 is 1. The smallest absolute Gasteiger partial charge is 0.260 e. The van der Waals surface area contributed by atoms with Crippen LogP contribution in [0.2, 0.25) is 0 Å². The highest BCUT2D eigenvalue weighted by atomic mass is 16.5. The molecule has 0 aliphatic carbocycles. The Morgan fingerprint density at radius 3 is 2.74 bits per heavy atom. The molecule has 0 N–H and O–H groups in total. The molecule has 0 radical (unpaired) electrons. The van der Waals surface area contributed by atoms with Crippen LogP contribution in [0.3, 0.4) is 0 Å². The van der Waals surface area contributed by atoms with Gasteiger partial charge in [-0.15, -0.1) is 0 Å². The topological polar surface area (TPSA) is 48.0 Å². The summed E-state index contributed by atoms with van der Waals surface area (Å²) in [6.07, 6.45) is 3.94. The van der Waals surface area contributed by atoms with Gasteiger partial charge in [0.2, 0.25) is 0 Å². The van der Waals surface area contributed by atoms with Gasteiger partial charge >= 0.3 is 0 Å². The van der Waals surface area contributed by atoms with Gasteiger partial charge < -0.3 is 19.1 Å². The number of carbonyl (C=O) groups is 1. The van der Waals surface area contributed by atoms with Crippen LogP contribution >= 0.6 is 0 Å². The number of amides is 1. The molecule has 23 heavy (non-hydrogen) atoms. The lowest BCUT2D eigenvalue weighted by Crippen LogP contribution is -2.52. The van der Waals surface area contributed by atoms with Crippen LogP contribution in [0.1, 0.15) is 25.7 Å². The van der Waals surface area contributed by atoms with Crippen molar-refractivity contribution in [3.05, 3.63) is 30.3 Å². The van der Waals surface area contributed by atoms with Gasteiger partial charge in [-0.25, -0.2) is 0 Å². The largest absolute Gasteiger partial charge is 0.484 e. The quantitative estimate of drug-likeness (QED) is 0.854. The maximum absolute atomic E-state index is 12.3. The predicted octanol–water partition coefficient (Wildman–Crippen LogP) is 2.25. The Balaban J connectivity index is 1.47. The second-order valence-electron chi connectivity index (χ2n) is 6.36. The third-order valence-corrected chi connectivity index (χ3v) is 4.91. The Morgan fingerprint density at radius 1 is 1.30 bits per heavy atom. The minimum atomic E-state index is -0.101. The standard InChI is InChI=1S/C18H25NO4/c1-21-16-7-12-23-18(13-16)8-10-19(11-9-18)17(20)14-22-15-5-3-2-4-6-15/h2-6,16H,7-14H2,1H3. The number of piperidine rings is 1. The number of hydrogen-bond acceptors (Lipinski definition) is 4. The molecule has 1 atom stereocenters. The second kappa shape index (κ2) is 7.32. The SMILES string of the molecule is COC1CCOC2(CCN(C(=O)COc3ccccc3)CC2)C1. The van der Waals surface area contributed by atoms with Crippen LogP contribution in [0.25, 0.3) is 0 Å². The first-order chi connectivity index (χ1) is 11.2. The van der Waals surface area contributed by atoms with E-state index in [1.54, 1.807) is 7.11 Å². The Kier molecular flexibility index (Phi) is 5.18. The highest BCUT2D eigenvalue weighted by molar-refractivity contribution is 5.77. The van der Waals surface area contributed by atoms with Gasteiger partial charge in [0.1, 0.15) is 5.75 Å². The molecule has 1 spiro atoms. The van der Waals surface area contributed by atoms with E-state index in [1.165, 1.54) is 0 Å². The summed E-state index contributed by atoms with van der Waals surface area (Å²) in [4.78, 5) is 14.2. The second-order valence-corrected chi connectivity index (χ2v) is 6.36. The van der Waals surface area contributed by atoms with Gasteiger partial charge in [0.25, 0.3) is 5.91 Å². The van der Waals surface area contributed by atoms with E-state index in [0.29, 0.717) is 0 Å². The molecule has 1 amide bonds. The minimum absolute atomic E-state index is 0.0443. The van der Waals surface area contributed by atoms with Crippen molar-refractivity contribution in [3.8, 4) is 5.75 Å². The molecular weight excluding hydrogens is 294 g/mol. The lowest BCUT2D eigenvalue weighted by Gasteiger charge is -2.45. The van der Waals surface area contributed by atoms with E-state index in [-0.39, 0.29) is 24.2 Å². The van der Waals surface area contributed by atoms with Gasteiger partial charge in [0.05, 0.1) is 11.7 Å². The number of likely N-dealkylation sites (tertiary alicyclic amines) is 1. The Morgan fingerprint density at radius 2 is 2.04 bits per heavy atom. The van der Waals surface area contributed by atoms with Gasteiger partial charge in [-0.1, -0.05) is 18.2 Å². The molecule has 1 unspecified atom stereocenters. The molecule has 2 aliphatic heterocycles. The highest BCUT2D eigenvalue weighted by Gasteiger charge is 2.41. The van der Waals surface area contributed by atoms with Crippen molar-refractivity contribution in [3.63, 3.8) is 0 Å². The first kappa shape index (κ1) is 16.3. The summed E-state index contributed by atoms with van der Waals surface area (Å²) in [5.74, 6) is 0.774. The van der Waals surface area contributed by atoms with E-state index in [4.69, 9.17) is 14.2 Å². The molecule has 2 aliphatic rings. The summed E-state index contributed by atoms with van der Waals surface area (Å²) in [5, 5.41) is 0. The van der Waals surface area contributed by atoms with Crippen molar-refractivity contribution in [2.75, 3.05) is 33.4 Å². The zero-order valence-corrected chi connectivity index (χ0v) is 13.7. The van der Waals surface area contributed by atoms with Crippen LogP contribution in [0.15, 0.2) is 30.3 Å². The summed E-state index contributed by atoms with van der Waals surface area (Å²) in [7, 11) is 1.77. The van der Waals surface area contributed by atoms with Crippen molar-refractivity contribution in [2.24, 2.45) is 0 Å². The monoisotopic (exact) mass is 319 g/mol. The number of nitrogens with zero attached hydrogens (tertiary/aromatic N) is 1. The molecule has 126 valence electrons. The Bertz CT molecular complexity index is 511. The summed E-state index contributed by atoms with van der Waals surface area (Å²) in [5.41, 5.74) is -0.101. The fourth-order valence-corrected chi connectivity index (χ4v) is 3.45. The number of para-hydroxylation sites is 1. The fraction of sp³-hybridized carbons (Fsp3) is 0.611. The molecular formula is C18H25NO4. The van der Waals surface area contributed by atoms with Crippen molar-refractivity contribution in [2.45, 2.75) is 37.4 Å². The first-order valence-electron chi connectivity index (χ1n) is 8.33. The van der Waals surface area contributed by atoms with E-state index in [9.17, 15) is 4.79 Å².